The number of hydrogen-bond donors (Lipinski definition) is 0. The van der Waals surface area contributed by atoms with Crippen LogP contribution in [-0.2, 0) is 0 Å². The van der Waals surface area contributed by atoms with Crippen LogP contribution in [0.2, 0.25) is 0 Å². The molecule has 0 radical (unpaired) electrons. The second-order valence-electron chi connectivity index (χ2n) is 10.8. The average molecular weight is 534 g/mol. The maximum absolute atomic E-state index is 4.60. The van der Waals surface area contributed by atoms with Crippen molar-refractivity contribution in [3.05, 3.63) is 164 Å². The van der Waals surface area contributed by atoms with Crippen LogP contribution in [0.25, 0.3) is 77.0 Å². The Morgan fingerprint density at radius 1 is 0.310 bits per heavy atom. The third-order valence-electron chi connectivity index (χ3n) is 8.28. The Morgan fingerprint density at radius 2 is 0.881 bits per heavy atom. The standard InChI is InChI=1S/C41H27N/c1-3-11-28(12-4-1)37-24-30-15-7-8-16-31(30)25-39(37)32-18-21-36-35-20-19-33(41-17-9-10-22-42-41)23-34(35)27-38(40(36)26-32)29-13-5-2-6-14-29/h1-27H. The molecule has 1 heterocycles. The van der Waals surface area contributed by atoms with E-state index in [0.717, 1.165) is 11.3 Å². The van der Waals surface area contributed by atoms with E-state index in [9.17, 15) is 0 Å². The minimum absolute atomic E-state index is 0.987. The summed E-state index contributed by atoms with van der Waals surface area (Å²) in [6.07, 6.45) is 1.85. The molecule has 7 aromatic carbocycles. The van der Waals surface area contributed by atoms with Gasteiger partial charge in [-0.2, -0.15) is 0 Å². The fraction of sp³-hybridized carbons (Fsp3) is 0. The molecule has 0 atom stereocenters. The van der Waals surface area contributed by atoms with E-state index in [1.54, 1.807) is 0 Å². The third-order valence-corrected chi connectivity index (χ3v) is 8.28. The first kappa shape index (κ1) is 24.3. The Labute approximate surface area is 245 Å². The highest BCUT2D eigenvalue weighted by Gasteiger charge is 2.14. The Balaban J connectivity index is 1.40. The first-order valence-corrected chi connectivity index (χ1v) is 14.4. The summed E-state index contributed by atoms with van der Waals surface area (Å²) in [7, 11) is 0. The normalized spacial score (nSPS) is 11.3. The van der Waals surface area contributed by atoms with Crippen molar-refractivity contribution in [2.45, 2.75) is 0 Å². The molecule has 42 heavy (non-hydrogen) atoms. The summed E-state index contributed by atoms with van der Waals surface area (Å²) in [6.45, 7) is 0. The van der Waals surface area contributed by atoms with Gasteiger partial charge in [0.15, 0.2) is 0 Å². The van der Waals surface area contributed by atoms with Gasteiger partial charge in [-0.25, -0.2) is 0 Å². The fourth-order valence-electron chi connectivity index (χ4n) is 6.22. The number of aromatic nitrogens is 1. The summed E-state index contributed by atoms with van der Waals surface area (Å²) in [4.78, 5) is 4.60. The van der Waals surface area contributed by atoms with E-state index >= 15 is 0 Å². The van der Waals surface area contributed by atoms with Gasteiger partial charge in [0.1, 0.15) is 0 Å². The minimum atomic E-state index is 0.987. The topological polar surface area (TPSA) is 12.9 Å². The molecule has 0 amide bonds. The molecule has 0 bridgehead atoms. The van der Waals surface area contributed by atoms with Crippen LogP contribution in [0.4, 0.5) is 0 Å². The van der Waals surface area contributed by atoms with Crippen LogP contribution >= 0.6 is 0 Å². The Morgan fingerprint density at radius 3 is 1.57 bits per heavy atom. The predicted octanol–water partition coefficient (Wildman–Crippen LogP) is 11.2. The molecule has 196 valence electrons. The molecule has 0 aliphatic carbocycles. The zero-order valence-corrected chi connectivity index (χ0v) is 23.0. The average Bonchev–Trinajstić information content (AvgIpc) is 3.08. The largest absolute Gasteiger partial charge is 0.256 e. The van der Waals surface area contributed by atoms with Crippen molar-refractivity contribution in [3.63, 3.8) is 0 Å². The van der Waals surface area contributed by atoms with Crippen molar-refractivity contribution in [1.29, 1.82) is 0 Å². The molecule has 0 saturated heterocycles. The predicted molar refractivity (Wildman–Crippen MR) is 178 cm³/mol. The third kappa shape index (κ3) is 4.24. The first-order valence-electron chi connectivity index (χ1n) is 14.4. The zero-order chi connectivity index (χ0) is 27.9. The lowest BCUT2D eigenvalue weighted by Crippen LogP contribution is -1.90. The number of nitrogens with zero attached hydrogens (tertiary/aromatic N) is 1. The van der Waals surface area contributed by atoms with Crippen molar-refractivity contribution in [2.75, 3.05) is 0 Å². The van der Waals surface area contributed by atoms with Gasteiger partial charge >= 0.3 is 0 Å². The quantitative estimate of drug-likeness (QED) is 0.205. The summed E-state index contributed by atoms with van der Waals surface area (Å²) in [5.74, 6) is 0. The van der Waals surface area contributed by atoms with E-state index < -0.39 is 0 Å². The van der Waals surface area contributed by atoms with Gasteiger partial charge in [0.25, 0.3) is 0 Å². The summed E-state index contributed by atoms with van der Waals surface area (Å²) in [5.41, 5.74) is 9.49. The molecule has 1 aromatic heterocycles. The highest BCUT2D eigenvalue weighted by Crippen LogP contribution is 2.41. The number of pyridine rings is 1. The summed E-state index contributed by atoms with van der Waals surface area (Å²) in [6, 6.07) is 56.9. The van der Waals surface area contributed by atoms with Crippen molar-refractivity contribution < 1.29 is 0 Å². The van der Waals surface area contributed by atoms with E-state index in [2.05, 4.69) is 151 Å². The van der Waals surface area contributed by atoms with Crippen LogP contribution in [0, 0.1) is 0 Å². The molecule has 0 fully saturated rings. The van der Waals surface area contributed by atoms with Crippen LogP contribution in [-0.4, -0.2) is 4.98 Å². The summed E-state index contributed by atoms with van der Waals surface area (Å²) < 4.78 is 0. The van der Waals surface area contributed by atoms with Gasteiger partial charge in [-0.15, -0.1) is 0 Å². The fourth-order valence-corrected chi connectivity index (χ4v) is 6.22. The Hall–Kier alpha value is -5.53. The lowest BCUT2D eigenvalue weighted by atomic mass is 9.87. The molecule has 0 aliphatic heterocycles. The highest BCUT2D eigenvalue weighted by atomic mass is 14.7. The molecular weight excluding hydrogens is 506 g/mol. The monoisotopic (exact) mass is 533 g/mol. The van der Waals surface area contributed by atoms with Gasteiger partial charge in [-0.3, -0.25) is 4.98 Å². The van der Waals surface area contributed by atoms with Crippen LogP contribution in [0.5, 0.6) is 0 Å². The van der Waals surface area contributed by atoms with Crippen LogP contribution in [0.3, 0.4) is 0 Å². The minimum Gasteiger partial charge on any atom is -0.256 e. The van der Waals surface area contributed by atoms with Gasteiger partial charge in [0, 0.05) is 11.8 Å². The van der Waals surface area contributed by atoms with Crippen molar-refractivity contribution in [3.8, 4) is 44.6 Å². The molecule has 0 unspecified atom stereocenters. The molecular formula is C41H27N. The first-order chi connectivity index (χ1) is 20.8. The molecule has 8 aromatic rings. The van der Waals surface area contributed by atoms with Gasteiger partial charge in [-0.1, -0.05) is 115 Å². The van der Waals surface area contributed by atoms with Gasteiger partial charge in [0.05, 0.1) is 5.69 Å². The van der Waals surface area contributed by atoms with Crippen LogP contribution in [0.1, 0.15) is 0 Å². The van der Waals surface area contributed by atoms with E-state index in [1.807, 2.05) is 18.3 Å². The van der Waals surface area contributed by atoms with E-state index in [0.29, 0.717) is 0 Å². The summed E-state index contributed by atoms with van der Waals surface area (Å²) >= 11 is 0. The van der Waals surface area contributed by atoms with Gasteiger partial charge < -0.3 is 0 Å². The van der Waals surface area contributed by atoms with Gasteiger partial charge in [0.2, 0.25) is 0 Å². The molecule has 0 aliphatic rings. The van der Waals surface area contributed by atoms with Crippen LogP contribution < -0.4 is 0 Å². The molecule has 0 N–H and O–H groups in total. The second kappa shape index (κ2) is 10.1. The van der Waals surface area contributed by atoms with Crippen molar-refractivity contribution in [1.82, 2.24) is 4.98 Å². The number of hydrogen-bond acceptors (Lipinski definition) is 1. The SMILES string of the molecule is c1ccc(-c2cc3ccccc3cc2-c2ccc3c(c2)c(-c2ccccc2)cc2cc(-c4ccccn4)ccc23)cc1. The lowest BCUT2D eigenvalue weighted by molar-refractivity contribution is 1.33. The number of benzene rings is 7. The van der Waals surface area contributed by atoms with Gasteiger partial charge in [-0.05, 0) is 108 Å². The van der Waals surface area contributed by atoms with Crippen molar-refractivity contribution in [2.24, 2.45) is 0 Å². The molecule has 1 nitrogen and oxygen atoms in total. The number of fused-ring (bicyclic) bond motifs is 4. The molecule has 0 saturated carbocycles. The Kier molecular flexibility index (Phi) is 5.86. The molecule has 1 heteroatoms. The highest BCUT2D eigenvalue weighted by molar-refractivity contribution is 6.15. The summed E-state index contributed by atoms with van der Waals surface area (Å²) in [5, 5.41) is 7.47. The van der Waals surface area contributed by atoms with Crippen molar-refractivity contribution >= 4 is 32.3 Å². The smallest absolute Gasteiger partial charge is 0.0702 e. The second-order valence-corrected chi connectivity index (χ2v) is 10.8. The van der Waals surface area contributed by atoms with Crippen LogP contribution in [0.15, 0.2) is 164 Å². The van der Waals surface area contributed by atoms with E-state index in [-0.39, 0.29) is 0 Å². The van der Waals surface area contributed by atoms with E-state index in [1.165, 1.54) is 65.7 Å². The molecule has 8 rings (SSSR count). The zero-order valence-electron chi connectivity index (χ0n) is 23.0. The van der Waals surface area contributed by atoms with E-state index in [4.69, 9.17) is 0 Å². The number of rotatable bonds is 4. The molecule has 0 spiro atoms. The maximum atomic E-state index is 4.60. The Bertz CT molecular complexity index is 2220. The maximum Gasteiger partial charge on any atom is 0.0702 e. The lowest BCUT2D eigenvalue weighted by Gasteiger charge is -2.16.